The Morgan fingerprint density at radius 3 is 2.06 bits per heavy atom. The van der Waals surface area contributed by atoms with Crippen LogP contribution in [0.25, 0.3) is 11.1 Å². The van der Waals surface area contributed by atoms with E-state index in [1.54, 1.807) is 44.2 Å². The molecule has 18 heavy (non-hydrogen) atoms. The molecule has 2 rings (SSSR count). The molecule has 0 unspecified atom stereocenters. The van der Waals surface area contributed by atoms with Crippen LogP contribution in [0.2, 0.25) is 0 Å². The van der Waals surface area contributed by atoms with E-state index in [1.165, 1.54) is 0 Å². The summed E-state index contributed by atoms with van der Waals surface area (Å²) in [7, 11) is 0. The van der Waals surface area contributed by atoms with E-state index >= 15 is 0 Å². The maximum absolute atomic E-state index is 12.6. The van der Waals surface area contributed by atoms with Gasteiger partial charge in [-0.15, -0.1) is 0 Å². The molecule has 0 aromatic carbocycles. The number of hydrogen-bond donors (Lipinski definition) is 0. The zero-order valence-electron chi connectivity index (χ0n) is 9.93. The molecule has 0 radical (unpaired) electrons. The van der Waals surface area contributed by atoms with Gasteiger partial charge in [-0.25, -0.2) is 0 Å². The number of Topliss-reactive ketones (excluding diaryl/α,β-unsaturated/α-hetero) is 1. The van der Waals surface area contributed by atoms with Crippen molar-refractivity contribution in [2.75, 3.05) is 0 Å². The van der Waals surface area contributed by atoms with Crippen LogP contribution in [0.1, 0.15) is 21.5 Å². The Hall–Kier alpha value is -1.84. The van der Waals surface area contributed by atoms with Crippen molar-refractivity contribution >= 4 is 5.78 Å². The molecule has 0 aliphatic heterocycles. The Labute approximate surface area is 103 Å². The molecule has 0 aromatic heterocycles. The molecule has 0 saturated carbocycles. The smallest absolute Gasteiger partial charge is 0.284 e. The van der Waals surface area contributed by atoms with Crippen LogP contribution in [0.15, 0.2) is 30.3 Å². The van der Waals surface area contributed by atoms with E-state index in [0.717, 1.165) is 0 Å². The van der Waals surface area contributed by atoms with Gasteiger partial charge in [-0.05, 0) is 36.1 Å². The van der Waals surface area contributed by atoms with Crippen molar-refractivity contribution in [2.45, 2.75) is 20.0 Å². The molecule has 2 aliphatic carbocycles. The third kappa shape index (κ3) is 1.88. The zero-order chi connectivity index (χ0) is 13.5. The van der Waals surface area contributed by atoms with E-state index in [4.69, 9.17) is 0 Å². The summed E-state index contributed by atoms with van der Waals surface area (Å²) in [6.07, 6.45) is -4.84. The van der Waals surface area contributed by atoms with Gasteiger partial charge in [0.1, 0.15) is 0 Å². The Morgan fingerprint density at radius 1 is 0.944 bits per heavy atom. The van der Waals surface area contributed by atoms with E-state index < -0.39 is 12.0 Å². The first-order chi connectivity index (χ1) is 8.34. The first kappa shape index (κ1) is 12.6. The number of hydrogen-bond acceptors (Lipinski definition) is 1. The number of alkyl halides is 3. The van der Waals surface area contributed by atoms with Gasteiger partial charge in [0, 0.05) is 5.56 Å². The van der Waals surface area contributed by atoms with Crippen LogP contribution in [-0.2, 0) is 0 Å². The number of rotatable bonds is 1. The van der Waals surface area contributed by atoms with Gasteiger partial charge >= 0.3 is 6.18 Å². The van der Waals surface area contributed by atoms with Crippen LogP contribution in [0, 0.1) is 13.8 Å². The van der Waals surface area contributed by atoms with E-state index in [9.17, 15) is 18.0 Å². The molecule has 0 fully saturated rings. The summed E-state index contributed by atoms with van der Waals surface area (Å²) in [4.78, 5) is 11.5. The molecule has 0 N–H and O–H groups in total. The Bertz CT molecular complexity index is 584. The van der Waals surface area contributed by atoms with Gasteiger partial charge in [0.25, 0.3) is 5.78 Å². The topological polar surface area (TPSA) is 17.1 Å². The number of fused-ring (bicyclic) bond motifs is 1. The third-order valence-corrected chi connectivity index (χ3v) is 3.13. The van der Waals surface area contributed by atoms with Crippen LogP contribution in [0.3, 0.4) is 0 Å². The Kier molecular flexibility index (Phi) is 2.89. The lowest BCUT2D eigenvalue weighted by Gasteiger charge is -2.06. The highest BCUT2D eigenvalue weighted by Crippen LogP contribution is 2.38. The van der Waals surface area contributed by atoms with Gasteiger partial charge in [-0.3, -0.25) is 4.79 Å². The van der Waals surface area contributed by atoms with Gasteiger partial charge in [-0.1, -0.05) is 30.3 Å². The second-order valence-corrected chi connectivity index (χ2v) is 4.19. The highest BCUT2D eigenvalue weighted by Gasteiger charge is 2.42. The summed E-state index contributed by atoms with van der Waals surface area (Å²) < 4.78 is 37.8. The Morgan fingerprint density at radius 2 is 1.50 bits per heavy atom. The number of ketones is 1. The summed E-state index contributed by atoms with van der Waals surface area (Å²) >= 11 is 0. The van der Waals surface area contributed by atoms with Gasteiger partial charge in [-0.2, -0.15) is 13.2 Å². The minimum atomic E-state index is -4.84. The Balaban J connectivity index is 2.75. The fourth-order valence-electron chi connectivity index (χ4n) is 2.12. The summed E-state index contributed by atoms with van der Waals surface area (Å²) in [6.45, 7) is 3.28. The van der Waals surface area contributed by atoms with Crippen LogP contribution in [0.4, 0.5) is 13.2 Å². The molecular formula is C14H11F3O. The molecule has 2 aliphatic rings. The first-order valence-electron chi connectivity index (χ1n) is 5.43. The molecule has 0 bridgehead atoms. The second-order valence-electron chi connectivity index (χ2n) is 4.19. The van der Waals surface area contributed by atoms with Crippen molar-refractivity contribution in [1.82, 2.24) is 0 Å². The van der Waals surface area contributed by atoms with E-state index in [1.807, 2.05) is 0 Å². The van der Waals surface area contributed by atoms with E-state index in [0.29, 0.717) is 22.3 Å². The van der Waals surface area contributed by atoms with Gasteiger partial charge < -0.3 is 0 Å². The van der Waals surface area contributed by atoms with Crippen molar-refractivity contribution in [1.29, 1.82) is 0 Å². The van der Waals surface area contributed by atoms with Crippen LogP contribution >= 0.6 is 0 Å². The number of carbonyl (C=O) groups excluding carboxylic acids is 1. The standard InChI is InChI=1S/C14H11F3O/c1-8-9(2)12(13(18)14(15,16)17)11-7-5-3-4-6-10(8)11/h3-7H,1-2H3. The first-order valence-corrected chi connectivity index (χ1v) is 5.43. The summed E-state index contributed by atoms with van der Waals surface area (Å²) in [5, 5.41) is 0. The van der Waals surface area contributed by atoms with Gasteiger partial charge in [0.05, 0.1) is 0 Å². The molecule has 0 aromatic rings. The fraction of sp³-hybridized carbons (Fsp3) is 0.214. The third-order valence-electron chi connectivity index (χ3n) is 3.13. The lowest BCUT2D eigenvalue weighted by atomic mass is 10.0. The summed E-state index contributed by atoms with van der Waals surface area (Å²) in [5.41, 5.74) is 1.93. The van der Waals surface area contributed by atoms with E-state index in [2.05, 4.69) is 0 Å². The largest absolute Gasteiger partial charge is 0.454 e. The number of carbonyl (C=O) groups is 1. The van der Waals surface area contributed by atoms with Crippen LogP contribution < -0.4 is 0 Å². The molecule has 0 atom stereocenters. The quantitative estimate of drug-likeness (QED) is 0.697. The normalized spacial score (nSPS) is 11.8. The molecule has 0 saturated heterocycles. The van der Waals surface area contributed by atoms with Crippen molar-refractivity contribution in [3.05, 3.63) is 47.0 Å². The predicted molar refractivity (Wildman–Crippen MR) is 62.9 cm³/mol. The van der Waals surface area contributed by atoms with Crippen molar-refractivity contribution in [3.63, 3.8) is 0 Å². The molecule has 94 valence electrons. The van der Waals surface area contributed by atoms with Crippen molar-refractivity contribution < 1.29 is 18.0 Å². The minimum Gasteiger partial charge on any atom is -0.284 e. The molecule has 4 heteroatoms. The maximum Gasteiger partial charge on any atom is 0.454 e. The summed E-state index contributed by atoms with van der Waals surface area (Å²) in [6, 6.07) is 8.38. The summed E-state index contributed by atoms with van der Waals surface area (Å²) in [5.74, 6) is -1.77. The molecular weight excluding hydrogens is 241 g/mol. The maximum atomic E-state index is 12.6. The van der Waals surface area contributed by atoms with Gasteiger partial charge in [0.2, 0.25) is 0 Å². The predicted octanol–water partition coefficient (Wildman–Crippen LogP) is 4.15. The highest BCUT2D eigenvalue weighted by molar-refractivity contribution is 6.09. The average Bonchev–Trinajstić information content (AvgIpc) is 2.48. The SMILES string of the molecule is Cc1c2cccccc-2c(C(=O)C(F)(F)F)c1C. The second kappa shape index (κ2) is 4.12. The molecule has 0 heterocycles. The van der Waals surface area contributed by atoms with Crippen molar-refractivity contribution in [3.8, 4) is 11.1 Å². The lowest BCUT2D eigenvalue weighted by Crippen LogP contribution is -2.23. The molecule has 0 amide bonds. The zero-order valence-corrected chi connectivity index (χ0v) is 9.93. The number of halogens is 3. The molecule has 0 spiro atoms. The lowest BCUT2D eigenvalue weighted by molar-refractivity contribution is -0.0885. The van der Waals surface area contributed by atoms with Crippen LogP contribution in [0.5, 0.6) is 0 Å². The highest BCUT2D eigenvalue weighted by atomic mass is 19.4. The minimum absolute atomic E-state index is 0.230. The van der Waals surface area contributed by atoms with Crippen LogP contribution in [-0.4, -0.2) is 12.0 Å². The van der Waals surface area contributed by atoms with Gasteiger partial charge in [0.15, 0.2) is 0 Å². The fourth-order valence-corrected chi connectivity index (χ4v) is 2.12. The van der Waals surface area contributed by atoms with E-state index in [-0.39, 0.29) is 5.56 Å². The molecule has 1 nitrogen and oxygen atoms in total. The van der Waals surface area contributed by atoms with Crippen molar-refractivity contribution in [2.24, 2.45) is 0 Å². The monoisotopic (exact) mass is 252 g/mol. The average molecular weight is 252 g/mol.